The maximum absolute atomic E-state index is 13.6. The summed E-state index contributed by atoms with van der Waals surface area (Å²) >= 11 is -4.16. The molecule has 0 aromatic carbocycles. The molecule has 0 rings (SSSR count). The third-order valence-corrected chi connectivity index (χ3v) is 5.10. The van der Waals surface area contributed by atoms with E-state index in [2.05, 4.69) is 13.7 Å². The number of esters is 2. The Morgan fingerprint density at radius 2 is 0.955 bits per heavy atom. The first-order valence-electron chi connectivity index (χ1n) is 9.86. The molecule has 0 amide bonds. The van der Waals surface area contributed by atoms with E-state index >= 15 is 0 Å². The van der Waals surface area contributed by atoms with E-state index in [1.807, 2.05) is 0 Å². The van der Waals surface area contributed by atoms with Gasteiger partial charge in [0.05, 0.1) is 17.8 Å². The number of carbonyl (C=O) groups is 2. The standard InChI is InChI=1S/C16H10F20O7S/c17-7(18)11(25,26)13(29,30)9(21,22)3-42-6(38)4(43-44(39)40)1-5(37)41-2-10(23,24)14(31,32)16(35,36)15(33,34)12(27,28)8(19)20/h4,7-8H,1-3H2,(H,39,40)/p-1. The van der Waals surface area contributed by atoms with Crippen molar-refractivity contribution < 1.29 is 120 Å². The van der Waals surface area contributed by atoms with Gasteiger partial charge in [0.1, 0.15) is 0 Å². The van der Waals surface area contributed by atoms with Gasteiger partial charge in [-0.3, -0.25) is 8.98 Å². The van der Waals surface area contributed by atoms with Gasteiger partial charge in [-0.05, 0) is 0 Å². The zero-order chi connectivity index (χ0) is 35.7. The fraction of sp³-hybridized carbons (Fsp3) is 0.875. The Labute approximate surface area is 230 Å². The molecular formula is C16H9F20O7S-. The van der Waals surface area contributed by atoms with Crippen LogP contribution in [0.1, 0.15) is 6.42 Å². The molecule has 262 valence electrons. The number of halogens is 20. The largest absolute Gasteiger partial charge is 0.750 e. The smallest absolute Gasteiger partial charge is 0.384 e. The molecule has 0 aliphatic rings. The molecule has 0 N–H and O–H groups in total. The van der Waals surface area contributed by atoms with Gasteiger partial charge in [0.2, 0.25) is 0 Å². The van der Waals surface area contributed by atoms with Crippen LogP contribution in [0.3, 0.4) is 0 Å². The first-order valence-corrected chi connectivity index (χ1v) is 10.9. The van der Waals surface area contributed by atoms with Crippen LogP contribution in [0.15, 0.2) is 0 Å². The molecule has 0 saturated carbocycles. The van der Waals surface area contributed by atoms with E-state index < -0.39 is 109 Å². The molecule has 0 aliphatic heterocycles. The molecule has 0 spiro atoms. The minimum Gasteiger partial charge on any atom is -0.750 e. The summed E-state index contributed by atoms with van der Waals surface area (Å²) in [6, 6.07) is 0. The fourth-order valence-corrected chi connectivity index (χ4v) is 2.56. The third-order valence-electron chi connectivity index (χ3n) is 4.71. The Balaban J connectivity index is 5.85. The molecule has 0 aromatic heterocycles. The van der Waals surface area contributed by atoms with Crippen LogP contribution >= 0.6 is 0 Å². The summed E-state index contributed by atoms with van der Waals surface area (Å²) in [5.41, 5.74) is 0. The van der Waals surface area contributed by atoms with Crippen molar-refractivity contribution in [1.29, 1.82) is 0 Å². The summed E-state index contributed by atoms with van der Waals surface area (Å²) in [5.74, 6) is -64.1. The monoisotopic (exact) mass is 725 g/mol. The summed E-state index contributed by atoms with van der Waals surface area (Å²) in [6.07, 6.45) is -17.1. The van der Waals surface area contributed by atoms with E-state index in [1.54, 1.807) is 0 Å². The molecule has 0 fully saturated rings. The van der Waals surface area contributed by atoms with Gasteiger partial charge < -0.3 is 14.0 Å². The molecule has 28 heteroatoms. The Morgan fingerprint density at radius 1 is 0.591 bits per heavy atom. The van der Waals surface area contributed by atoms with Crippen molar-refractivity contribution in [2.45, 2.75) is 72.8 Å². The Kier molecular flexibility index (Phi) is 12.4. The number of hydrogen-bond donors (Lipinski definition) is 0. The summed E-state index contributed by atoms with van der Waals surface area (Å²) in [5, 5.41) is 0. The molecule has 0 saturated heterocycles. The molecule has 2 atom stereocenters. The van der Waals surface area contributed by atoms with Gasteiger partial charge in [-0.1, -0.05) is 0 Å². The van der Waals surface area contributed by atoms with Crippen LogP contribution in [0.4, 0.5) is 87.8 Å². The normalized spacial score (nSPS) is 16.2. The van der Waals surface area contributed by atoms with Gasteiger partial charge in [-0.15, -0.1) is 0 Å². The van der Waals surface area contributed by atoms with Gasteiger partial charge in [0.15, 0.2) is 19.3 Å². The van der Waals surface area contributed by atoms with Gasteiger partial charge in [-0.2, -0.15) is 70.2 Å². The lowest BCUT2D eigenvalue weighted by Crippen LogP contribution is -2.69. The molecule has 0 radical (unpaired) electrons. The second-order valence-corrected chi connectivity index (χ2v) is 8.42. The predicted molar refractivity (Wildman–Crippen MR) is 91.9 cm³/mol. The third kappa shape index (κ3) is 7.69. The number of rotatable bonds is 17. The molecule has 44 heavy (non-hydrogen) atoms. The topological polar surface area (TPSA) is 102 Å². The molecule has 0 bridgehead atoms. The van der Waals surface area contributed by atoms with Crippen molar-refractivity contribution in [1.82, 2.24) is 0 Å². The van der Waals surface area contributed by atoms with E-state index in [4.69, 9.17) is 0 Å². The summed E-state index contributed by atoms with van der Waals surface area (Å²) in [6.45, 7) is -6.96. The van der Waals surface area contributed by atoms with Crippen molar-refractivity contribution in [2.24, 2.45) is 0 Å². The Morgan fingerprint density at radius 3 is 1.34 bits per heavy atom. The molecule has 0 heterocycles. The fourth-order valence-electron chi connectivity index (χ4n) is 2.22. The van der Waals surface area contributed by atoms with E-state index in [1.165, 1.54) is 0 Å². The van der Waals surface area contributed by atoms with Gasteiger partial charge in [-0.25, -0.2) is 26.6 Å². The lowest BCUT2D eigenvalue weighted by molar-refractivity contribution is -0.414. The van der Waals surface area contributed by atoms with E-state index in [0.717, 1.165) is 0 Å². The van der Waals surface area contributed by atoms with E-state index in [0.29, 0.717) is 0 Å². The summed E-state index contributed by atoms with van der Waals surface area (Å²) in [7, 11) is 0. The highest BCUT2D eigenvalue weighted by atomic mass is 32.2. The maximum atomic E-state index is 13.6. The van der Waals surface area contributed by atoms with Crippen LogP contribution in [-0.4, -0.2) is 100 Å². The molecule has 0 aromatic rings. The maximum Gasteiger partial charge on any atom is 0.384 e. The Bertz CT molecular complexity index is 1050. The number of carbonyl (C=O) groups excluding carboxylic acids is 2. The summed E-state index contributed by atoms with van der Waals surface area (Å²) < 4.78 is 291. The highest BCUT2D eigenvalue weighted by Crippen LogP contribution is 2.58. The highest BCUT2D eigenvalue weighted by Gasteiger charge is 2.88. The average molecular weight is 725 g/mol. The second kappa shape index (κ2) is 13.1. The van der Waals surface area contributed by atoms with E-state index in [9.17, 15) is 106 Å². The average Bonchev–Trinajstić information content (AvgIpc) is 2.84. The van der Waals surface area contributed by atoms with Crippen LogP contribution in [0.25, 0.3) is 0 Å². The Hall–Kier alpha value is -2.39. The minimum absolute atomic E-state index is 2.40. The molecule has 7 nitrogen and oxygen atoms in total. The van der Waals surface area contributed by atoms with Crippen molar-refractivity contribution >= 4 is 23.3 Å². The second-order valence-electron chi connectivity index (χ2n) is 7.82. The van der Waals surface area contributed by atoms with Crippen molar-refractivity contribution in [3.63, 3.8) is 0 Å². The van der Waals surface area contributed by atoms with Crippen LogP contribution in [0.5, 0.6) is 0 Å². The van der Waals surface area contributed by atoms with E-state index in [-0.39, 0.29) is 0 Å². The van der Waals surface area contributed by atoms with Gasteiger partial charge in [0, 0.05) is 0 Å². The molecular weight excluding hydrogens is 716 g/mol. The lowest BCUT2D eigenvalue weighted by Gasteiger charge is -2.38. The lowest BCUT2D eigenvalue weighted by atomic mass is 9.94. The van der Waals surface area contributed by atoms with Crippen molar-refractivity contribution in [2.75, 3.05) is 13.2 Å². The first-order chi connectivity index (χ1) is 19.2. The van der Waals surface area contributed by atoms with Crippen LogP contribution < -0.4 is 0 Å². The van der Waals surface area contributed by atoms with Crippen LogP contribution in [-0.2, 0) is 34.6 Å². The molecule has 2 unspecified atom stereocenters. The molecule has 0 aliphatic carbocycles. The first kappa shape index (κ1) is 41.6. The van der Waals surface area contributed by atoms with Gasteiger partial charge >= 0.3 is 72.2 Å². The zero-order valence-electron chi connectivity index (χ0n) is 19.7. The predicted octanol–water partition coefficient (Wildman–Crippen LogP) is 5.25. The van der Waals surface area contributed by atoms with Crippen molar-refractivity contribution in [3.05, 3.63) is 0 Å². The van der Waals surface area contributed by atoms with Crippen LogP contribution in [0, 0.1) is 0 Å². The SMILES string of the molecule is O=C(CC(OS(=O)[O-])C(=O)OCC(F)(F)C(F)(F)C(F)(F)C(F)F)OCC(F)(F)C(F)(F)C(F)(F)C(F)(F)C(F)(F)C(F)F. The number of alkyl halides is 20. The zero-order valence-corrected chi connectivity index (χ0v) is 20.5. The number of hydrogen-bond acceptors (Lipinski definition) is 7. The van der Waals surface area contributed by atoms with Crippen LogP contribution in [0.2, 0.25) is 0 Å². The van der Waals surface area contributed by atoms with Gasteiger partial charge in [0.25, 0.3) is 0 Å². The summed E-state index contributed by atoms with van der Waals surface area (Å²) in [4.78, 5) is 23.1. The quantitative estimate of drug-likeness (QED) is 0.115. The van der Waals surface area contributed by atoms with Crippen molar-refractivity contribution in [3.8, 4) is 0 Å². The number of ether oxygens (including phenoxy) is 2. The minimum atomic E-state index is -8.07. The highest BCUT2D eigenvalue weighted by molar-refractivity contribution is 7.74.